The second-order valence-electron chi connectivity index (χ2n) is 2.64. The Morgan fingerprint density at radius 1 is 1.50 bits per heavy atom. The Hall–Kier alpha value is -1.82. The van der Waals surface area contributed by atoms with Crippen LogP contribution >= 0.6 is 0 Å². The van der Waals surface area contributed by atoms with Gasteiger partial charge in [0.15, 0.2) is 0 Å². The summed E-state index contributed by atoms with van der Waals surface area (Å²) < 4.78 is 1.86. The predicted octanol–water partition coefficient (Wildman–Crippen LogP) is 1.44. The summed E-state index contributed by atoms with van der Waals surface area (Å²) in [6.07, 6.45) is 1.71. The van der Waals surface area contributed by atoms with Crippen molar-refractivity contribution in [3.63, 3.8) is 0 Å². The van der Waals surface area contributed by atoms with Gasteiger partial charge in [-0.1, -0.05) is 6.07 Å². The molecule has 12 heavy (non-hydrogen) atoms. The molecule has 0 bridgehead atoms. The Balaban J connectivity index is 2.96. The first kappa shape index (κ1) is 6.86. The van der Waals surface area contributed by atoms with Gasteiger partial charge in [-0.3, -0.25) is 0 Å². The van der Waals surface area contributed by atoms with Crippen molar-refractivity contribution in [1.29, 1.82) is 5.26 Å². The highest BCUT2D eigenvalue weighted by molar-refractivity contribution is 5.81. The van der Waals surface area contributed by atoms with Crippen LogP contribution < -0.4 is 0 Å². The summed E-state index contributed by atoms with van der Waals surface area (Å²) in [5, 5.41) is 8.79. The standard InChI is InChI=1S/C9H7N3/c1-12-6-11-8-4-2-3-7(5-10)9(8)12/h2-4,6H,1H3. The van der Waals surface area contributed by atoms with E-state index in [9.17, 15) is 0 Å². The van der Waals surface area contributed by atoms with Crippen LogP contribution in [-0.4, -0.2) is 9.55 Å². The van der Waals surface area contributed by atoms with E-state index in [1.54, 1.807) is 12.4 Å². The lowest BCUT2D eigenvalue weighted by Crippen LogP contribution is -1.87. The molecule has 1 heterocycles. The number of hydrogen-bond acceptors (Lipinski definition) is 2. The van der Waals surface area contributed by atoms with Crippen molar-refractivity contribution in [2.75, 3.05) is 0 Å². The van der Waals surface area contributed by atoms with Crippen molar-refractivity contribution in [3.05, 3.63) is 30.1 Å². The molecule has 2 aromatic rings. The number of hydrogen-bond donors (Lipinski definition) is 0. The largest absolute Gasteiger partial charge is 0.333 e. The summed E-state index contributed by atoms with van der Waals surface area (Å²) in [5.74, 6) is 0. The third kappa shape index (κ3) is 0.785. The molecule has 3 heteroatoms. The van der Waals surface area contributed by atoms with E-state index in [2.05, 4.69) is 11.1 Å². The van der Waals surface area contributed by atoms with E-state index >= 15 is 0 Å². The molecule has 0 fully saturated rings. The Labute approximate surface area is 69.9 Å². The van der Waals surface area contributed by atoms with Gasteiger partial charge in [-0.15, -0.1) is 0 Å². The van der Waals surface area contributed by atoms with E-state index in [4.69, 9.17) is 5.26 Å². The highest BCUT2D eigenvalue weighted by Crippen LogP contribution is 2.15. The maximum absolute atomic E-state index is 8.79. The third-order valence-electron chi connectivity index (χ3n) is 1.86. The maximum atomic E-state index is 8.79. The fourth-order valence-corrected chi connectivity index (χ4v) is 1.30. The normalized spacial score (nSPS) is 10.0. The fourth-order valence-electron chi connectivity index (χ4n) is 1.30. The molecule has 3 nitrogen and oxygen atoms in total. The van der Waals surface area contributed by atoms with Gasteiger partial charge in [0, 0.05) is 7.05 Å². The van der Waals surface area contributed by atoms with Gasteiger partial charge in [-0.05, 0) is 12.1 Å². The van der Waals surface area contributed by atoms with E-state index in [0.29, 0.717) is 5.56 Å². The third-order valence-corrected chi connectivity index (χ3v) is 1.86. The average Bonchev–Trinajstić information content (AvgIpc) is 2.48. The van der Waals surface area contributed by atoms with Gasteiger partial charge < -0.3 is 4.57 Å². The molecular formula is C9H7N3. The number of para-hydroxylation sites is 1. The summed E-state index contributed by atoms with van der Waals surface area (Å²) >= 11 is 0. The average molecular weight is 157 g/mol. The Morgan fingerprint density at radius 3 is 3.08 bits per heavy atom. The molecular weight excluding hydrogens is 150 g/mol. The van der Waals surface area contributed by atoms with Crippen molar-refractivity contribution >= 4 is 11.0 Å². The number of nitrogens with zero attached hydrogens (tertiary/aromatic N) is 3. The molecule has 0 atom stereocenters. The van der Waals surface area contributed by atoms with Crippen molar-refractivity contribution < 1.29 is 0 Å². The van der Waals surface area contributed by atoms with Gasteiger partial charge in [0.05, 0.1) is 22.9 Å². The quantitative estimate of drug-likeness (QED) is 0.580. The Kier molecular flexibility index (Phi) is 1.34. The lowest BCUT2D eigenvalue weighted by molar-refractivity contribution is 0.946. The molecule has 0 aliphatic heterocycles. The first-order chi connectivity index (χ1) is 5.83. The lowest BCUT2D eigenvalue weighted by atomic mass is 10.2. The van der Waals surface area contributed by atoms with E-state index in [1.807, 2.05) is 23.7 Å². The highest BCUT2D eigenvalue weighted by Gasteiger charge is 2.03. The van der Waals surface area contributed by atoms with Crippen LogP contribution in [-0.2, 0) is 7.05 Å². The molecule has 0 aliphatic rings. The number of fused-ring (bicyclic) bond motifs is 1. The number of aryl methyl sites for hydroxylation is 1. The van der Waals surface area contributed by atoms with Crippen LogP contribution in [0, 0.1) is 11.3 Å². The highest BCUT2D eigenvalue weighted by atomic mass is 15.0. The zero-order valence-corrected chi connectivity index (χ0v) is 6.65. The maximum Gasteiger partial charge on any atom is 0.101 e. The Morgan fingerprint density at radius 2 is 2.33 bits per heavy atom. The minimum atomic E-state index is 0.674. The molecule has 0 radical (unpaired) electrons. The fraction of sp³-hybridized carbons (Fsp3) is 0.111. The summed E-state index contributed by atoms with van der Waals surface area (Å²) in [5.41, 5.74) is 2.45. The van der Waals surface area contributed by atoms with Crippen LogP contribution in [0.2, 0.25) is 0 Å². The SMILES string of the molecule is Cn1cnc2cccc(C#N)c21. The zero-order valence-electron chi connectivity index (χ0n) is 6.65. The zero-order chi connectivity index (χ0) is 8.55. The van der Waals surface area contributed by atoms with Crippen LogP contribution in [0.5, 0.6) is 0 Å². The Bertz CT molecular complexity index is 462. The van der Waals surface area contributed by atoms with Gasteiger partial charge in [0.2, 0.25) is 0 Å². The molecule has 1 aromatic heterocycles. The number of benzene rings is 1. The van der Waals surface area contributed by atoms with Crippen molar-refractivity contribution in [3.8, 4) is 6.07 Å². The molecule has 0 aliphatic carbocycles. The molecule has 0 spiro atoms. The molecule has 2 rings (SSSR count). The molecule has 0 N–H and O–H groups in total. The molecule has 0 saturated heterocycles. The lowest BCUT2D eigenvalue weighted by Gasteiger charge is -1.95. The molecule has 0 amide bonds. The summed E-state index contributed by atoms with van der Waals surface area (Å²) in [6, 6.07) is 7.67. The van der Waals surface area contributed by atoms with E-state index in [1.165, 1.54) is 0 Å². The van der Waals surface area contributed by atoms with Crippen LogP contribution in [0.3, 0.4) is 0 Å². The van der Waals surface area contributed by atoms with Gasteiger partial charge in [0.25, 0.3) is 0 Å². The monoisotopic (exact) mass is 157 g/mol. The number of nitriles is 1. The summed E-state index contributed by atoms with van der Waals surface area (Å²) in [7, 11) is 1.89. The molecule has 1 aromatic carbocycles. The first-order valence-electron chi connectivity index (χ1n) is 3.63. The van der Waals surface area contributed by atoms with E-state index < -0.39 is 0 Å². The second kappa shape index (κ2) is 2.35. The van der Waals surface area contributed by atoms with Crippen LogP contribution in [0.15, 0.2) is 24.5 Å². The molecule has 0 unspecified atom stereocenters. The van der Waals surface area contributed by atoms with Gasteiger partial charge in [0.1, 0.15) is 6.07 Å². The smallest absolute Gasteiger partial charge is 0.101 e. The van der Waals surface area contributed by atoms with E-state index in [0.717, 1.165) is 11.0 Å². The van der Waals surface area contributed by atoms with Crippen molar-refractivity contribution in [2.45, 2.75) is 0 Å². The summed E-state index contributed by atoms with van der Waals surface area (Å²) in [4.78, 5) is 4.14. The van der Waals surface area contributed by atoms with Gasteiger partial charge >= 0.3 is 0 Å². The minimum absolute atomic E-state index is 0.674. The number of imidazole rings is 1. The van der Waals surface area contributed by atoms with E-state index in [-0.39, 0.29) is 0 Å². The predicted molar refractivity (Wildman–Crippen MR) is 45.4 cm³/mol. The van der Waals surface area contributed by atoms with Crippen LogP contribution in [0.4, 0.5) is 0 Å². The van der Waals surface area contributed by atoms with Gasteiger partial charge in [-0.2, -0.15) is 5.26 Å². The summed E-state index contributed by atoms with van der Waals surface area (Å²) in [6.45, 7) is 0. The number of aromatic nitrogens is 2. The van der Waals surface area contributed by atoms with Crippen LogP contribution in [0.1, 0.15) is 5.56 Å². The van der Waals surface area contributed by atoms with Crippen molar-refractivity contribution in [1.82, 2.24) is 9.55 Å². The number of rotatable bonds is 0. The topological polar surface area (TPSA) is 41.6 Å². The van der Waals surface area contributed by atoms with Crippen molar-refractivity contribution in [2.24, 2.45) is 7.05 Å². The molecule has 0 saturated carbocycles. The second-order valence-corrected chi connectivity index (χ2v) is 2.64. The molecule has 58 valence electrons. The minimum Gasteiger partial charge on any atom is -0.333 e. The van der Waals surface area contributed by atoms with Gasteiger partial charge in [-0.25, -0.2) is 4.98 Å². The van der Waals surface area contributed by atoms with Crippen LogP contribution in [0.25, 0.3) is 11.0 Å². The first-order valence-corrected chi connectivity index (χ1v) is 3.63.